The lowest BCUT2D eigenvalue weighted by atomic mass is 9.99. The lowest BCUT2D eigenvalue weighted by Gasteiger charge is -2.24. The maximum atomic E-state index is 5.97. The average molecular weight is 261 g/mol. The van der Waals surface area contributed by atoms with E-state index < -0.39 is 0 Å². The summed E-state index contributed by atoms with van der Waals surface area (Å²) in [4.78, 5) is 4.92. The van der Waals surface area contributed by atoms with Gasteiger partial charge in [-0.1, -0.05) is 37.3 Å². The third-order valence-electron chi connectivity index (χ3n) is 4.35. The van der Waals surface area contributed by atoms with Crippen LogP contribution in [0.4, 0.5) is 0 Å². The highest BCUT2D eigenvalue weighted by Gasteiger charge is 2.31. The van der Waals surface area contributed by atoms with Crippen molar-refractivity contribution in [3.63, 3.8) is 0 Å². The molecule has 1 aromatic rings. The van der Waals surface area contributed by atoms with Crippen LogP contribution in [0, 0.1) is 5.92 Å². The van der Waals surface area contributed by atoms with E-state index in [1.165, 1.54) is 12.1 Å². The van der Waals surface area contributed by atoms with Crippen molar-refractivity contribution in [1.29, 1.82) is 0 Å². The van der Waals surface area contributed by atoms with Gasteiger partial charge in [-0.2, -0.15) is 0 Å². The van der Waals surface area contributed by atoms with Crippen molar-refractivity contribution >= 4 is 0 Å². The van der Waals surface area contributed by atoms with Crippen molar-refractivity contribution < 1.29 is 0 Å². The van der Waals surface area contributed by atoms with Crippen LogP contribution >= 0.6 is 0 Å². The summed E-state index contributed by atoms with van der Waals surface area (Å²) in [5.74, 6) is 1.19. The second-order valence-electron chi connectivity index (χ2n) is 6.07. The van der Waals surface area contributed by atoms with Gasteiger partial charge in [-0.15, -0.1) is 0 Å². The molecular formula is C16H27N3. The van der Waals surface area contributed by atoms with Crippen molar-refractivity contribution in [3.8, 4) is 0 Å². The number of likely N-dealkylation sites (N-methyl/N-ethyl adjacent to an activating group) is 1. The Hall–Kier alpha value is -0.900. The summed E-state index contributed by atoms with van der Waals surface area (Å²) in [5, 5.41) is 0. The zero-order valence-corrected chi connectivity index (χ0v) is 12.4. The maximum Gasteiger partial charge on any atom is 0.0254 e. The van der Waals surface area contributed by atoms with Crippen molar-refractivity contribution in [2.24, 2.45) is 11.7 Å². The minimum absolute atomic E-state index is 0.453. The molecule has 3 heteroatoms. The normalized spacial score (nSPS) is 25.9. The van der Waals surface area contributed by atoms with Crippen LogP contribution in [0.3, 0.4) is 0 Å². The Kier molecular flexibility index (Phi) is 4.97. The van der Waals surface area contributed by atoms with Gasteiger partial charge in [-0.3, -0.25) is 0 Å². The minimum Gasteiger partial charge on any atom is -0.330 e. The highest BCUT2D eigenvalue weighted by Crippen LogP contribution is 2.23. The molecule has 3 nitrogen and oxygen atoms in total. The molecular weight excluding hydrogens is 234 g/mol. The first-order valence-electron chi connectivity index (χ1n) is 7.25. The molecule has 1 saturated heterocycles. The highest BCUT2D eigenvalue weighted by molar-refractivity contribution is 5.20. The molecule has 0 bridgehead atoms. The SMILES string of the molecule is CC1CN(CC(CN)c2ccccc2)CC1N(C)C. The molecule has 1 aliphatic rings. The maximum absolute atomic E-state index is 5.97. The summed E-state index contributed by atoms with van der Waals surface area (Å²) in [6.45, 7) is 6.50. The standard InChI is InChI=1S/C16H27N3/c1-13-10-19(12-16(13)18(2)3)11-15(9-17)14-7-5-4-6-8-14/h4-8,13,15-16H,9-12,17H2,1-3H3. The summed E-state index contributed by atoms with van der Waals surface area (Å²) >= 11 is 0. The molecule has 19 heavy (non-hydrogen) atoms. The number of hydrogen-bond donors (Lipinski definition) is 1. The first-order valence-corrected chi connectivity index (χ1v) is 7.25. The van der Waals surface area contributed by atoms with Gasteiger partial charge in [0.15, 0.2) is 0 Å². The predicted molar refractivity (Wildman–Crippen MR) is 81.3 cm³/mol. The molecule has 1 fully saturated rings. The van der Waals surface area contributed by atoms with E-state index in [9.17, 15) is 0 Å². The van der Waals surface area contributed by atoms with E-state index in [2.05, 4.69) is 61.2 Å². The summed E-state index contributed by atoms with van der Waals surface area (Å²) in [6.07, 6.45) is 0. The molecule has 0 aliphatic carbocycles. The second-order valence-corrected chi connectivity index (χ2v) is 6.07. The summed E-state index contributed by atoms with van der Waals surface area (Å²) < 4.78 is 0. The molecule has 3 unspecified atom stereocenters. The third-order valence-corrected chi connectivity index (χ3v) is 4.35. The van der Waals surface area contributed by atoms with Crippen molar-refractivity contribution in [2.45, 2.75) is 18.9 Å². The second kappa shape index (κ2) is 6.51. The van der Waals surface area contributed by atoms with Gasteiger partial charge in [-0.05, 0) is 25.6 Å². The smallest absolute Gasteiger partial charge is 0.0254 e. The van der Waals surface area contributed by atoms with Crippen LogP contribution in [0.5, 0.6) is 0 Å². The van der Waals surface area contributed by atoms with Crippen molar-refractivity contribution in [1.82, 2.24) is 9.80 Å². The molecule has 0 saturated carbocycles. The Labute approximate surface area is 117 Å². The van der Waals surface area contributed by atoms with Crippen LogP contribution in [0.1, 0.15) is 18.4 Å². The Morgan fingerprint density at radius 1 is 1.26 bits per heavy atom. The van der Waals surface area contributed by atoms with E-state index in [0.29, 0.717) is 12.0 Å². The molecule has 106 valence electrons. The van der Waals surface area contributed by atoms with E-state index >= 15 is 0 Å². The number of hydrogen-bond acceptors (Lipinski definition) is 3. The first-order chi connectivity index (χ1) is 9.11. The monoisotopic (exact) mass is 261 g/mol. The van der Waals surface area contributed by atoms with Gasteiger partial charge >= 0.3 is 0 Å². The van der Waals surface area contributed by atoms with Crippen molar-refractivity contribution in [2.75, 3.05) is 40.3 Å². The van der Waals surface area contributed by atoms with Gasteiger partial charge < -0.3 is 15.5 Å². The molecule has 0 spiro atoms. The van der Waals surface area contributed by atoms with Crippen LogP contribution in [0.25, 0.3) is 0 Å². The Balaban J connectivity index is 1.97. The van der Waals surface area contributed by atoms with Gasteiger partial charge in [0, 0.05) is 38.1 Å². The molecule has 3 atom stereocenters. The molecule has 1 heterocycles. The van der Waals surface area contributed by atoms with Crippen LogP contribution < -0.4 is 5.73 Å². The molecule has 2 rings (SSSR count). The zero-order chi connectivity index (χ0) is 13.8. The van der Waals surface area contributed by atoms with Crippen LogP contribution in [-0.2, 0) is 0 Å². The fourth-order valence-corrected chi connectivity index (χ4v) is 3.22. The first kappa shape index (κ1) is 14.5. The topological polar surface area (TPSA) is 32.5 Å². The molecule has 0 radical (unpaired) electrons. The fourth-order valence-electron chi connectivity index (χ4n) is 3.22. The minimum atomic E-state index is 0.453. The molecule has 1 aliphatic heterocycles. The van der Waals surface area contributed by atoms with E-state index in [1.807, 2.05) is 0 Å². The van der Waals surface area contributed by atoms with Gasteiger partial charge in [0.25, 0.3) is 0 Å². The average Bonchev–Trinajstić information content (AvgIpc) is 2.78. The largest absolute Gasteiger partial charge is 0.330 e. The van der Waals surface area contributed by atoms with E-state index in [4.69, 9.17) is 5.73 Å². The lowest BCUT2D eigenvalue weighted by Crippen LogP contribution is -2.35. The molecule has 1 aromatic carbocycles. The van der Waals surface area contributed by atoms with E-state index in [1.54, 1.807) is 0 Å². The summed E-state index contributed by atoms with van der Waals surface area (Å²) in [6, 6.07) is 11.3. The van der Waals surface area contributed by atoms with Gasteiger partial charge in [0.1, 0.15) is 0 Å². The fraction of sp³-hybridized carbons (Fsp3) is 0.625. The number of benzene rings is 1. The Morgan fingerprint density at radius 3 is 2.47 bits per heavy atom. The quantitative estimate of drug-likeness (QED) is 0.874. The number of nitrogens with two attached hydrogens (primary N) is 1. The van der Waals surface area contributed by atoms with Gasteiger partial charge in [0.05, 0.1) is 0 Å². The van der Waals surface area contributed by atoms with Gasteiger partial charge in [0.2, 0.25) is 0 Å². The zero-order valence-electron chi connectivity index (χ0n) is 12.4. The number of rotatable bonds is 5. The highest BCUT2D eigenvalue weighted by atomic mass is 15.2. The third kappa shape index (κ3) is 3.56. The molecule has 2 N–H and O–H groups in total. The van der Waals surface area contributed by atoms with Crippen LogP contribution in [0.2, 0.25) is 0 Å². The predicted octanol–water partition coefficient (Wildman–Crippen LogP) is 1.61. The molecule has 0 amide bonds. The summed E-state index contributed by atoms with van der Waals surface area (Å²) in [7, 11) is 4.37. The Morgan fingerprint density at radius 2 is 1.95 bits per heavy atom. The number of nitrogens with zero attached hydrogens (tertiary/aromatic N) is 2. The van der Waals surface area contributed by atoms with Crippen LogP contribution in [-0.4, -0.2) is 56.1 Å². The Bertz CT molecular complexity index is 377. The molecule has 0 aromatic heterocycles. The number of likely N-dealkylation sites (tertiary alicyclic amines) is 1. The summed E-state index contributed by atoms with van der Waals surface area (Å²) in [5.41, 5.74) is 7.34. The van der Waals surface area contributed by atoms with E-state index in [0.717, 1.165) is 25.6 Å². The van der Waals surface area contributed by atoms with E-state index in [-0.39, 0.29) is 0 Å². The lowest BCUT2D eigenvalue weighted by molar-refractivity contribution is 0.248. The van der Waals surface area contributed by atoms with Gasteiger partial charge in [-0.25, -0.2) is 0 Å². The van der Waals surface area contributed by atoms with Crippen molar-refractivity contribution in [3.05, 3.63) is 35.9 Å². The van der Waals surface area contributed by atoms with Crippen LogP contribution in [0.15, 0.2) is 30.3 Å².